The van der Waals surface area contributed by atoms with E-state index in [1.165, 1.54) is 0 Å². The smallest absolute Gasteiger partial charge is 0.410 e. The van der Waals surface area contributed by atoms with Crippen molar-refractivity contribution in [2.75, 3.05) is 31.1 Å². The Morgan fingerprint density at radius 3 is 2.67 bits per heavy atom. The van der Waals surface area contributed by atoms with Gasteiger partial charge in [0.05, 0.1) is 0 Å². The molecule has 0 saturated carbocycles. The quantitative estimate of drug-likeness (QED) is 0.794. The van der Waals surface area contributed by atoms with Gasteiger partial charge in [-0.1, -0.05) is 0 Å². The molecule has 0 unspecified atom stereocenters. The number of carbonyl (C=O) groups is 1. The van der Waals surface area contributed by atoms with Crippen molar-refractivity contribution >= 4 is 17.6 Å². The second-order valence-corrected chi connectivity index (χ2v) is 7.02. The van der Waals surface area contributed by atoms with Crippen molar-refractivity contribution in [3.63, 3.8) is 0 Å². The number of fused-ring (bicyclic) bond motifs is 1. The van der Waals surface area contributed by atoms with Crippen LogP contribution in [0.25, 0.3) is 5.65 Å². The predicted octanol–water partition coefficient (Wildman–Crippen LogP) is 1.88. The van der Waals surface area contributed by atoms with E-state index in [1.807, 2.05) is 39.8 Å². The molecule has 3 rings (SSSR count). The van der Waals surface area contributed by atoms with Gasteiger partial charge >= 0.3 is 6.09 Å². The molecule has 1 saturated heterocycles. The molecule has 0 radical (unpaired) electrons. The predicted molar refractivity (Wildman–Crippen MR) is 90.2 cm³/mol. The van der Waals surface area contributed by atoms with Crippen molar-refractivity contribution in [1.29, 1.82) is 0 Å². The summed E-state index contributed by atoms with van der Waals surface area (Å²) in [6.45, 7) is 10.4. The molecule has 8 heteroatoms. The van der Waals surface area contributed by atoms with Crippen LogP contribution in [0.2, 0.25) is 0 Å². The van der Waals surface area contributed by atoms with Gasteiger partial charge in [-0.2, -0.15) is 4.52 Å². The molecule has 1 amide bonds. The number of aryl methyl sites for hydroxylation is 1. The summed E-state index contributed by atoms with van der Waals surface area (Å²) < 4.78 is 7.21. The van der Waals surface area contributed by atoms with Crippen LogP contribution in [0.3, 0.4) is 0 Å². The second-order valence-electron chi connectivity index (χ2n) is 7.02. The Bertz CT molecular complexity index is 736. The van der Waals surface area contributed by atoms with Crippen LogP contribution in [-0.2, 0) is 4.74 Å². The van der Waals surface area contributed by atoms with Crippen LogP contribution in [0.4, 0.5) is 10.6 Å². The molecule has 0 spiro atoms. The van der Waals surface area contributed by atoms with Gasteiger partial charge in [0.25, 0.3) is 0 Å². The fourth-order valence-corrected chi connectivity index (χ4v) is 2.71. The van der Waals surface area contributed by atoms with Gasteiger partial charge in [0.1, 0.15) is 11.4 Å². The molecule has 8 nitrogen and oxygen atoms in total. The van der Waals surface area contributed by atoms with E-state index >= 15 is 0 Å². The van der Waals surface area contributed by atoms with Crippen LogP contribution in [-0.4, -0.2) is 62.6 Å². The van der Waals surface area contributed by atoms with Gasteiger partial charge in [0.2, 0.25) is 0 Å². The molecule has 0 atom stereocenters. The summed E-state index contributed by atoms with van der Waals surface area (Å²) >= 11 is 0. The lowest BCUT2D eigenvalue weighted by atomic mass is 10.2. The largest absolute Gasteiger partial charge is 0.444 e. The number of anilines is 1. The summed E-state index contributed by atoms with van der Waals surface area (Å²) in [5, 5.41) is 12.7. The maximum Gasteiger partial charge on any atom is 0.410 e. The highest BCUT2D eigenvalue weighted by Gasteiger charge is 2.25. The second kappa shape index (κ2) is 6.26. The number of aromatic nitrogens is 4. The topological polar surface area (TPSA) is 75.9 Å². The van der Waals surface area contributed by atoms with E-state index in [0.29, 0.717) is 13.1 Å². The number of hydrogen-bond donors (Lipinski definition) is 0. The standard InChI is InChI=1S/C16H24N6O2/c1-12-17-18-13-6-7-14(19-22(12)13)20-8-5-9-21(11-10-20)15(23)24-16(2,3)4/h6-7H,5,8-11H2,1-4H3. The first-order valence-corrected chi connectivity index (χ1v) is 8.25. The van der Waals surface area contributed by atoms with E-state index in [9.17, 15) is 4.79 Å². The highest BCUT2D eigenvalue weighted by molar-refractivity contribution is 5.68. The summed E-state index contributed by atoms with van der Waals surface area (Å²) in [5.41, 5.74) is 0.267. The Labute approximate surface area is 141 Å². The summed E-state index contributed by atoms with van der Waals surface area (Å²) in [7, 11) is 0. The van der Waals surface area contributed by atoms with Crippen LogP contribution in [0.15, 0.2) is 12.1 Å². The van der Waals surface area contributed by atoms with Crippen LogP contribution < -0.4 is 4.90 Å². The lowest BCUT2D eigenvalue weighted by Gasteiger charge is -2.26. The molecule has 2 aromatic heterocycles. The molecule has 0 N–H and O–H groups in total. The SMILES string of the molecule is Cc1nnc2ccc(N3CCCN(C(=O)OC(C)(C)C)CC3)nn12. The van der Waals surface area contributed by atoms with E-state index in [0.717, 1.165) is 36.8 Å². The van der Waals surface area contributed by atoms with Crippen LogP contribution in [0.1, 0.15) is 33.0 Å². The van der Waals surface area contributed by atoms with Crippen molar-refractivity contribution in [3.8, 4) is 0 Å². The lowest BCUT2D eigenvalue weighted by molar-refractivity contribution is 0.0263. The van der Waals surface area contributed by atoms with E-state index in [4.69, 9.17) is 4.74 Å². The van der Waals surface area contributed by atoms with Crippen molar-refractivity contribution < 1.29 is 9.53 Å². The molecule has 1 fully saturated rings. The lowest BCUT2D eigenvalue weighted by Crippen LogP contribution is -2.39. The van der Waals surface area contributed by atoms with Gasteiger partial charge in [-0.15, -0.1) is 15.3 Å². The Morgan fingerprint density at radius 2 is 1.92 bits per heavy atom. The molecule has 0 bridgehead atoms. The Balaban J connectivity index is 1.70. The van der Waals surface area contributed by atoms with Gasteiger partial charge in [-0.25, -0.2) is 4.79 Å². The Kier molecular flexibility index (Phi) is 4.29. The third-order valence-corrected chi connectivity index (χ3v) is 3.88. The molecule has 0 aromatic carbocycles. The summed E-state index contributed by atoms with van der Waals surface area (Å²) in [6.07, 6.45) is 0.627. The van der Waals surface area contributed by atoms with Crippen LogP contribution in [0.5, 0.6) is 0 Å². The maximum absolute atomic E-state index is 12.2. The number of hydrogen-bond acceptors (Lipinski definition) is 6. The van der Waals surface area contributed by atoms with Crippen molar-refractivity contribution in [1.82, 2.24) is 24.7 Å². The third-order valence-electron chi connectivity index (χ3n) is 3.88. The summed E-state index contributed by atoms with van der Waals surface area (Å²) in [5.74, 6) is 1.63. The number of nitrogens with zero attached hydrogens (tertiary/aromatic N) is 6. The summed E-state index contributed by atoms with van der Waals surface area (Å²) in [6, 6.07) is 3.87. The molecule has 2 aromatic rings. The molecule has 3 heterocycles. The average molecular weight is 332 g/mol. The number of rotatable bonds is 1. The Hall–Kier alpha value is -2.38. The van der Waals surface area contributed by atoms with E-state index in [-0.39, 0.29) is 6.09 Å². The van der Waals surface area contributed by atoms with E-state index in [2.05, 4.69) is 20.2 Å². The first-order chi connectivity index (χ1) is 11.3. The van der Waals surface area contributed by atoms with Gasteiger partial charge in [-0.05, 0) is 46.2 Å². The average Bonchev–Trinajstić information content (AvgIpc) is 2.73. The monoisotopic (exact) mass is 332 g/mol. The van der Waals surface area contributed by atoms with E-state index in [1.54, 1.807) is 9.42 Å². The number of amides is 1. The molecule has 24 heavy (non-hydrogen) atoms. The van der Waals surface area contributed by atoms with Crippen molar-refractivity contribution in [3.05, 3.63) is 18.0 Å². The van der Waals surface area contributed by atoms with Crippen molar-refractivity contribution in [2.45, 2.75) is 39.7 Å². The molecule has 1 aliphatic rings. The van der Waals surface area contributed by atoms with Gasteiger partial charge in [0, 0.05) is 26.2 Å². The fourth-order valence-electron chi connectivity index (χ4n) is 2.71. The van der Waals surface area contributed by atoms with Gasteiger partial charge in [-0.3, -0.25) is 0 Å². The van der Waals surface area contributed by atoms with Crippen LogP contribution >= 0.6 is 0 Å². The normalized spacial score (nSPS) is 16.3. The van der Waals surface area contributed by atoms with E-state index < -0.39 is 5.60 Å². The minimum absolute atomic E-state index is 0.248. The van der Waals surface area contributed by atoms with Crippen molar-refractivity contribution in [2.24, 2.45) is 0 Å². The first-order valence-electron chi connectivity index (χ1n) is 8.25. The van der Waals surface area contributed by atoms with Gasteiger partial charge < -0.3 is 14.5 Å². The highest BCUT2D eigenvalue weighted by atomic mass is 16.6. The highest BCUT2D eigenvalue weighted by Crippen LogP contribution is 2.16. The van der Waals surface area contributed by atoms with Gasteiger partial charge in [0.15, 0.2) is 11.5 Å². The minimum Gasteiger partial charge on any atom is -0.444 e. The third kappa shape index (κ3) is 3.58. The number of ether oxygens (including phenoxy) is 1. The van der Waals surface area contributed by atoms with Crippen LogP contribution in [0, 0.1) is 6.92 Å². The summed E-state index contributed by atoms with van der Waals surface area (Å²) in [4.78, 5) is 16.2. The molecule has 130 valence electrons. The minimum atomic E-state index is -0.471. The Morgan fingerprint density at radius 1 is 1.12 bits per heavy atom. The molecule has 1 aliphatic heterocycles. The fraction of sp³-hybridized carbons (Fsp3) is 0.625. The zero-order valence-corrected chi connectivity index (χ0v) is 14.7. The number of carbonyl (C=O) groups excluding carboxylic acids is 1. The zero-order chi connectivity index (χ0) is 17.3. The molecule has 0 aliphatic carbocycles. The molecular formula is C16H24N6O2. The zero-order valence-electron chi connectivity index (χ0n) is 14.7. The maximum atomic E-state index is 12.2. The first kappa shape index (κ1) is 16.5. The molecular weight excluding hydrogens is 308 g/mol.